The van der Waals surface area contributed by atoms with Crippen LogP contribution in [0.5, 0.6) is 0 Å². The minimum atomic E-state index is 0.101. The van der Waals surface area contributed by atoms with Gasteiger partial charge in [0.1, 0.15) is 0 Å². The number of hydrogen-bond donors (Lipinski definition) is 1. The highest BCUT2D eigenvalue weighted by Gasteiger charge is 2.34. The molecular formula is C17H26N2O. The van der Waals surface area contributed by atoms with Crippen molar-refractivity contribution in [3.8, 4) is 0 Å². The molecule has 2 aliphatic heterocycles. The largest absolute Gasteiger partial charge is 0.374 e. The molecule has 3 heteroatoms. The first-order chi connectivity index (χ1) is 9.76. The number of hydrogen-bond acceptors (Lipinski definition) is 3. The van der Waals surface area contributed by atoms with Crippen molar-refractivity contribution < 1.29 is 4.74 Å². The van der Waals surface area contributed by atoms with Crippen LogP contribution in [0.15, 0.2) is 24.3 Å². The Kier molecular flexibility index (Phi) is 4.39. The lowest BCUT2D eigenvalue weighted by atomic mass is 9.99. The number of nitrogens with two attached hydrogens (primary N) is 1. The summed E-state index contributed by atoms with van der Waals surface area (Å²) >= 11 is 0. The van der Waals surface area contributed by atoms with Crippen molar-refractivity contribution in [2.24, 2.45) is 5.73 Å². The molecule has 0 aliphatic carbocycles. The zero-order chi connectivity index (χ0) is 13.9. The average Bonchev–Trinajstić information content (AvgIpc) is 2.95. The lowest BCUT2D eigenvalue weighted by Gasteiger charge is -2.37. The Hall–Kier alpha value is -0.900. The summed E-state index contributed by atoms with van der Waals surface area (Å²) in [6.45, 7) is 5.29. The molecule has 2 fully saturated rings. The van der Waals surface area contributed by atoms with Gasteiger partial charge in [0.25, 0.3) is 0 Å². The van der Waals surface area contributed by atoms with Crippen molar-refractivity contribution in [3.63, 3.8) is 0 Å². The monoisotopic (exact) mass is 274 g/mol. The van der Waals surface area contributed by atoms with E-state index in [0.717, 1.165) is 26.0 Å². The molecule has 2 heterocycles. The molecule has 0 saturated carbocycles. The van der Waals surface area contributed by atoms with Crippen molar-refractivity contribution in [2.45, 2.75) is 50.8 Å². The van der Waals surface area contributed by atoms with Gasteiger partial charge in [-0.05, 0) is 43.4 Å². The number of aryl methyl sites for hydroxylation is 1. The molecule has 3 nitrogen and oxygen atoms in total. The zero-order valence-electron chi connectivity index (χ0n) is 12.4. The zero-order valence-corrected chi connectivity index (χ0v) is 12.4. The summed E-state index contributed by atoms with van der Waals surface area (Å²) in [6, 6.07) is 9.59. The molecular weight excluding hydrogens is 248 g/mol. The van der Waals surface area contributed by atoms with Crippen LogP contribution in [-0.2, 0) is 17.6 Å². The van der Waals surface area contributed by atoms with Crippen molar-refractivity contribution in [2.75, 3.05) is 19.7 Å². The minimum absolute atomic E-state index is 0.101. The Bertz CT molecular complexity index is 431. The highest BCUT2D eigenvalue weighted by atomic mass is 16.5. The quantitative estimate of drug-likeness (QED) is 0.912. The predicted octanol–water partition coefficient (Wildman–Crippen LogP) is 1.98. The molecule has 20 heavy (non-hydrogen) atoms. The molecule has 2 N–H and O–H groups in total. The summed E-state index contributed by atoms with van der Waals surface area (Å²) in [4.78, 5) is 2.56. The number of benzene rings is 1. The topological polar surface area (TPSA) is 38.5 Å². The van der Waals surface area contributed by atoms with E-state index in [-0.39, 0.29) is 12.1 Å². The van der Waals surface area contributed by atoms with Gasteiger partial charge in [0, 0.05) is 18.6 Å². The Balaban J connectivity index is 1.56. The summed E-state index contributed by atoms with van der Waals surface area (Å²) in [5.41, 5.74) is 9.09. The van der Waals surface area contributed by atoms with Crippen LogP contribution in [0, 0.1) is 0 Å². The van der Waals surface area contributed by atoms with E-state index in [2.05, 4.69) is 36.1 Å². The maximum atomic E-state index is 6.38. The normalized spacial score (nSPS) is 28.3. The fraction of sp³-hybridized carbons (Fsp3) is 0.647. The van der Waals surface area contributed by atoms with Crippen LogP contribution >= 0.6 is 0 Å². The van der Waals surface area contributed by atoms with Gasteiger partial charge in [-0.2, -0.15) is 0 Å². The van der Waals surface area contributed by atoms with Gasteiger partial charge in [-0.15, -0.1) is 0 Å². The Morgan fingerprint density at radius 2 is 2.05 bits per heavy atom. The SMILES string of the molecule is CCc1ccc(CC(N)C2CN3CCCC3CO2)cc1. The van der Waals surface area contributed by atoms with E-state index < -0.39 is 0 Å². The summed E-state index contributed by atoms with van der Waals surface area (Å²) in [6.07, 6.45) is 4.80. The molecule has 1 aromatic rings. The molecule has 0 amide bonds. The summed E-state index contributed by atoms with van der Waals surface area (Å²) < 4.78 is 6.00. The molecule has 0 radical (unpaired) electrons. The summed E-state index contributed by atoms with van der Waals surface area (Å²) in [7, 11) is 0. The lowest BCUT2D eigenvalue weighted by molar-refractivity contribution is -0.0589. The maximum Gasteiger partial charge on any atom is 0.0856 e. The van der Waals surface area contributed by atoms with Crippen molar-refractivity contribution in [1.29, 1.82) is 0 Å². The second-order valence-electron chi connectivity index (χ2n) is 6.20. The van der Waals surface area contributed by atoms with Crippen LogP contribution in [0.4, 0.5) is 0 Å². The minimum Gasteiger partial charge on any atom is -0.374 e. The molecule has 0 spiro atoms. The van der Waals surface area contributed by atoms with E-state index in [4.69, 9.17) is 10.5 Å². The average molecular weight is 274 g/mol. The van der Waals surface area contributed by atoms with Gasteiger partial charge in [0.05, 0.1) is 12.7 Å². The van der Waals surface area contributed by atoms with E-state index in [0.29, 0.717) is 6.04 Å². The summed E-state index contributed by atoms with van der Waals surface area (Å²) in [5, 5.41) is 0. The first kappa shape index (κ1) is 14.1. The van der Waals surface area contributed by atoms with Crippen molar-refractivity contribution >= 4 is 0 Å². The lowest BCUT2D eigenvalue weighted by Crippen LogP contribution is -2.53. The Morgan fingerprint density at radius 3 is 2.80 bits per heavy atom. The highest BCUT2D eigenvalue weighted by Crippen LogP contribution is 2.24. The van der Waals surface area contributed by atoms with Crippen LogP contribution in [0.2, 0.25) is 0 Å². The second kappa shape index (κ2) is 6.25. The van der Waals surface area contributed by atoms with Gasteiger partial charge in [-0.3, -0.25) is 4.90 Å². The molecule has 110 valence electrons. The Morgan fingerprint density at radius 1 is 1.30 bits per heavy atom. The van der Waals surface area contributed by atoms with Crippen molar-refractivity contribution in [1.82, 2.24) is 4.90 Å². The van der Waals surface area contributed by atoms with Gasteiger partial charge < -0.3 is 10.5 Å². The number of ether oxygens (including phenoxy) is 1. The number of morpholine rings is 1. The molecule has 2 saturated heterocycles. The molecule has 2 aliphatic rings. The summed E-state index contributed by atoms with van der Waals surface area (Å²) in [5.74, 6) is 0. The molecule has 0 bridgehead atoms. The van der Waals surface area contributed by atoms with Crippen LogP contribution in [0.25, 0.3) is 0 Å². The molecule has 3 rings (SSSR count). The predicted molar refractivity (Wildman–Crippen MR) is 81.8 cm³/mol. The molecule has 3 unspecified atom stereocenters. The highest BCUT2D eigenvalue weighted by molar-refractivity contribution is 5.23. The standard InChI is InChI=1S/C17H26N2O/c1-2-13-5-7-14(8-6-13)10-16(18)17-11-19-9-3-4-15(19)12-20-17/h5-8,15-17H,2-4,9-12,18H2,1H3. The first-order valence-electron chi connectivity index (χ1n) is 7.95. The number of nitrogens with zero attached hydrogens (tertiary/aromatic N) is 1. The van der Waals surface area contributed by atoms with E-state index in [9.17, 15) is 0 Å². The smallest absolute Gasteiger partial charge is 0.0856 e. The fourth-order valence-electron chi connectivity index (χ4n) is 3.42. The van der Waals surface area contributed by atoms with Crippen molar-refractivity contribution in [3.05, 3.63) is 35.4 Å². The maximum absolute atomic E-state index is 6.38. The van der Waals surface area contributed by atoms with Gasteiger partial charge in [0.15, 0.2) is 0 Å². The number of fused-ring (bicyclic) bond motifs is 1. The van der Waals surface area contributed by atoms with Gasteiger partial charge in [-0.1, -0.05) is 31.2 Å². The van der Waals surface area contributed by atoms with Crippen LogP contribution < -0.4 is 5.73 Å². The molecule has 3 atom stereocenters. The van der Waals surface area contributed by atoms with Crippen LogP contribution in [-0.4, -0.2) is 42.8 Å². The van der Waals surface area contributed by atoms with E-state index in [1.54, 1.807) is 0 Å². The van der Waals surface area contributed by atoms with Crippen LogP contribution in [0.3, 0.4) is 0 Å². The third-order valence-electron chi connectivity index (χ3n) is 4.80. The van der Waals surface area contributed by atoms with Gasteiger partial charge in [-0.25, -0.2) is 0 Å². The first-order valence-corrected chi connectivity index (χ1v) is 7.95. The third-order valence-corrected chi connectivity index (χ3v) is 4.80. The Labute approximate surface area is 122 Å². The fourth-order valence-corrected chi connectivity index (χ4v) is 3.42. The molecule has 1 aromatic carbocycles. The second-order valence-corrected chi connectivity index (χ2v) is 6.20. The molecule has 0 aromatic heterocycles. The number of rotatable bonds is 4. The van der Waals surface area contributed by atoms with Crippen LogP contribution in [0.1, 0.15) is 30.9 Å². The van der Waals surface area contributed by atoms with Gasteiger partial charge >= 0.3 is 0 Å². The van der Waals surface area contributed by atoms with Gasteiger partial charge in [0.2, 0.25) is 0 Å². The van der Waals surface area contributed by atoms with E-state index in [1.807, 2.05) is 0 Å². The third kappa shape index (κ3) is 3.05. The van der Waals surface area contributed by atoms with E-state index in [1.165, 1.54) is 30.5 Å². The van der Waals surface area contributed by atoms with E-state index >= 15 is 0 Å².